The van der Waals surface area contributed by atoms with Crippen LogP contribution in [0.3, 0.4) is 0 Å². The number of benzene rings is 1. The molecule has 21 heavy (non-hydrogen) atoms. The molecule has 0 fully saturated rings. The van der Waals surface area contributed by atoms with Gasteiger partial charge < -0.3 is 4.74 Å². The minimum absolute atomic E-state index is 0.192. The fraction of sp³-hybridized carbons (Fsp3) is 0.0769. The van der Waals surface area contributed by atoms with E-state index >= 15 is 0 Å². The average Bonchev–Trinajstić information content (AvgIpc) is 2.47. The number of methoxy groups -OCH3 is 1. The van der Waals surface area contributed by atoms with Crippen molar-refractivity contribution in [3.8, 4) is 5.75 Å². The van der Waals surface area contributed by atoms with Crippen LogP contribution in [0.25, 0.3) is 0 Å². The van der Waals surface area contributed by atoms with Crippen molar-refractivity contribution < 1.29 is 9.53 Å². The normalized spacial score (nSPS) is 10.6. The van der Waals surface area contributed by atoms with Crippen LogP contribution in [-0.4, -0.2) is 29.2 Å². The van der Waals surface area contributed by atoms with Crippen molar-refractivity contribution in [1.82, 2.24) is 15.4 Å². The average molecular weight is 414 g/mol. The molecule has 6 nitrogen and oxygen atoms in total. The molecule has 2 aromatic rings. The zero-order valence-electron chi connectivity index (χ0n) is 10.9. The molecular weight excluding hydrogens is 404 g/mol. The summed E-state index contributed by atoms with van der Waals surface area (Å²) in [5, 5.41) is 3.89. The summed E-state index contributed by atoms with van der Waals surface area (Å²) < 4.78 is 6.92. The second-order valence-electron chi connectivity index (χ2n) is 3.80. The van der Waals surface area contributed by atoms with Gasteiger partial charge in [0.15, 0.2) is 0 Å². The number of aromatic nitrogens is 2. The van der Waals surface area contributed by atoms with Gasteiger partial charge in [-0.2, -0.15) is 5.10 Å². The molecule has 0 bridgehead atoms. The van der Waals surface area contributed by atoms with E-state index in [1.165, 1.54) is 24.8 Å². The smallest absolute Gasteiger partial charge is 0.291 e. The molecular formula is C13H10Br2N4O2. The Morgan fingerprint density at radius 3 is 2.86 bits per heavy atom. The molecule has 1 aromatic heterocycles. The Hall–Kier alpha value is -1.80. The SMILES string of the molecule is COc1c(Br)cc(Br)cc1/C=N/NC(=O)c1cnccn1. The zero-order chi connectivity index (χ0) is 15.2. The molecule has 2 rings (SSSR count). The van der Waals surface area contributed by atoms with Gasteiger partial charge in [-0.15, -0.1) is 0 Å². The highest BCUT2D eigenvalue weighted by atomic mass is 79.9. The Morgan fingerprint density at radius 2 is 2.19 bits per heavy atom. The number of hydrazone groups is 1. The number of nitrogens with zero attached hydrogens (tertiary/aromatic N) is 3. The summed E-state index contributed by atoms with van der Waals surface area (Å²) in [6, 6.07) is 3.68. The third-order valence-electron chi connectivity index (χ3n) is 2.41. The first-order valence-corrected chi connectivity index (χ1v) is 7.33. The Bertz CT molecular complexity index is 677. The zero-order valence-corrected chi connectivity index (χ0v) is 14.1. The molecule has 0 spiro atoms. The van der Waals surface area contributed by atoms with Crippen LogP contribution in [0.2, 0.25) is 0 Å². The van der Waals surface area contributed by atoms with E-state index in [1.54, 1.807) is 7.11 Å². The molecule has 0 saturated heterocycles. The van der Waals surface area contributed by atoms with Crippen molar-refractivity contribution in [3.05, 3.63) is 50.9 Å². The van der Waals surface area contributed by atoms with Gasteiger partial charge in [-0.1, -0.05) is 15.9 Å². The van der Waals surface area contributed by atoms with Gasteiger partial charge in [-0.3, -0.25) is 9.78 Å². The fourth-order valence-electron chi connectivity index (χ4n) is 1.53. The van der Waals surface area contributed by atoms with Gasteiger partial charge in [0, 0.05) is 22.4 Å². The highest BCUT2D eigenvalue weighted by Crippen LogP contribution is 2.31. The van der Waals surface area contributed by atoms with Crippen LogP contribution in [-0.2, 0) is 0 Å². The third kappa shape index (κ3) is 4.08. The molecule has 1 aromatic carbocycles. The highest BCUT2D eigenvalue weighted by Gasteiger charge is 2.08. The van der Waals surface area contributed by atoms with Crippen LogP contribution in [0, 0.1) is 0 Å². The van der Waals surface area contributed by atoms with E-state index in [0.717, 1.165) is 8.95 Å². The maximum Gasteiger partial charge on any atom is 0.291 e. The monoisotopic (exact) mass is 412 g/mol. The maximum absolute atomic E-state index is 11.7. The second kappa shape index (κ2) is 7.28. The van der Waals surface area contributed by atoms with E-state index in [1.807, 2.05) is 12.1 Å². The van der Waals surface area contributed by atoms with Crippen molar-refractivity contribution in [2.75, 3.05) is 7.11 Å². The summed E-state index contributed by atoms with van der Waals surface area (Å²) >= 11 is 6.77. The van der Waals surface area contributed by atoms with E-state index in [2.05, 4.69) is 52.4 Å². The lowest BCUT2D eigenvalue weighted by Gasteiger charge is -2.07. The first-order chi connectivity index (χ1) is 10.1. The van der Waals surface area contributed by atoms with Crippen molar-refractivity contribution in [2.24, 2.45) is 5.10 Å². The van der Waals surface area contributed by atoms with Crippen molar-refractivity contribution in [3.63, 3.8) is 0 Å². The Labute approximate surface area is 137 Å². The Morgan fingerprint density at radius 1 is 1.38 bits per heavy atom. The largest absolute Gasteiger partial charge is 0.495 e. The summed E-state index contributed by atoms with van der Waals surface area (Å²) in [4.78, 5) is 19.4. The number of carbonyl (C=O) groups is 1. The Kier molecular flexibility index (Phi) is 5.40. The van der Waals surface area contributed by atoms with Crippen LogP contribution >= 0.6 is 31.9 Å². The number of carbonyl (C=O) groups excluding carboxylic acids is 1. The minimum Gasteiger partial charge on any atom is -0.495 e. The van der Waals surface area contributed by atoms with E-state index < -0.39 is 5.91 Å². The number of rotatable bonds is 4. The predicted octanol–water partition coefficient (Wildman–Crippen LogP) is 2.77. The van der Waals surface area contributed by atoms with Crippen LogP contribution in [0.15, 0.2) is 44.8 Å². The molecule has 0 saturated carbocycles. The van der Waals surface area contributed by atoms with E-state index in [4.69, 9.17) is 4.74 Å². The molecule has 0 aliphatic rings. The van der Waals surface area contributed by atoms with Gasteiger partial charge in [0.25, 0.3) is 5.91 Å². The number of ether oxygens (including phenoxy) is 1. The number of halogens is 2. The lowest BCUT2D eigenvalue weighted by Crippen LogP contribution is -2.19. The van der Waals surface area contributed by atoms with Gasteiger partial charge in [0.05, 0.1) is 24.0 Å². The lowest BCUT2D eigenvalue weighted by atomic mass is 10.2. The van der Waals surface area contributed by atoms with Gasteiger partial charge in [0.2, 0.25) is 0 Å². The van der Waals surface area contributed by atoms with E-state index in [-0.39, 0.29) is 5.69 Å². The number of hydrogen-bond donors (Lipinski definition) is 1. The van der Waals surface area contributed by atoms with Gasteiger partial charge in [-0.25, -0.2) is 10.4 Å². The third-order valence-corrected chi connectivity index (χ3v) is 3.45. The van der Waals surface area contributed by atoms with Crippen LogP contribution in [0.4, 0.5) is 0 Å². The molecule has 0 radical (unpaired) electrons. The minimum atomic E-state index is -0.438. The second-order valence-corrected chi connectivity index (χ2v) is 5.57. The lowest BCUT2D eigenvalue weighted by molar-refractivity contribution is 0.0949. The fourth-order valence-corrected chi connectivity index (χ4v) is 2.95. The summed E-state index contributed by atoms with van der Waals surface area (Å²) in [6.45, 7) is 0. The van der Waals surface area contributed by atoms with Gasteiger partial charge >= 0.3 is 0 Å². The Balaban J connectivity index is 2.13. The van der Waals surface area contributed by atoms with Gasteiger partial charge in [0.1, 0.15) is 11.4 Å². The first-order valence-electron chi connectivity index (χ1n) is 5.74. The molecule has 1 heterocycles. The molecule has 0 unspecified atom stereocenters. The molecule has 1 N–H and O–H groups in total. The van der Waals surface area contributed by atoms with Crippen molar-refractivity contribution >= 4 is 44.0 Å². The molecule has 1 amide bonds. The summed E-state index contributed by atoms with van der Waals surface area (Å²) in [7, 11) is 1.56. The van der Waals surface area contributed by atoms with Crippen LogP contribution in [0.1, 0.15) is 16.1 Å². The van der Waals surface area contributed by atoms with Gasteiger partial charge in [-0.05, 0) is 28.1 Å². The van der Waals surface area contributed by atoms with E-state index in [9.17, 15) is 4.79 Å². The van der Waals surface area contributed by atoms with E-state index in [0.29, 0.717) is 11.3 Å². The quantitative estimate of drug-likeness (QED) is 0.617. The number of amides is 1. The summed E-state index contributed by atoms with van der Waals surface area (Å²) in [5.41, 5.74) is 3.28. The molecule has 108 valence electrons. The van der Waals surface area contributed by atoms with Crippen LogP contribution < -0.4 is 10.2 Å². The summed E-state index contributed by atoms with van der Waals surface area (Å²) in [6.07, 6.45) is 5.78. The molecule has 0 aliphatic carbocycles. The standard InChI is InChI=1S/C13H10Br2N4O2/c1-21-12-8(4-9(14)5-10(12)15)6-18-19-13(20)11-7-16-2-3-17-11/h2-7H,1H3,(H,19,20)/b18-6+. The predicted molar refractivity (Wildman–Crippen MR) is 85.5 cm³/mol. The molecule has 0 aliphatic heterocycles. The summed E-state index contributed by atoms with van der Waals surface area (Å²) in [5.74, 6) is 0.183. The molecule has 0 atom stereocenters. The first kappa shape index (κ1) is 15.6. The van der Waals surface area contributed by atoms with Crippen molar-refractivity contribution in [1.29, 1.82) is 0 Å². The number of nitrogens with one attached hydrogen (secondary N) is 1. The maximum atomic E-state index is 11.7. The number of hydrogen-bond acceptors (Lipinski definition) is 5. The van der Waals surface area contributed by atoms with Crippen molar-refractivity contribution in [2.45, 2.75) is 0 Å². The topological polar surface area (TPSA) is 76.5 Å². The molecule has 8 heteroatoms. The highest BCUT2D eigenvalue weighted by molar-refractivity contribution is 9.11. The van der Waals surface area contributed by atoms with Crippen LogP contribution in [0.5, 0.6) is 5.75 Å².